The quantitative estimate of drug-likeness (QED) is 0.162. The van der Waals surface area contributed by atoms with Crippen LogP contribution in [0.2, 0.25) is 0 Å². The SMILES string of the molecule is CCOC(=O)C1=C(C)N=c2s/c(=C\c3cc(Br)c(OCc4cccc(C)c4)c(Br)c3)c(=O)n2[C@H]1c1ccc(OC(C)C)c(OC)c1. The standard InChI is InChI=1S/C35H34Br2N2O6S/c1-7-43-34(41)30-21(5)38-35-39(31(30)24-11-12-27(45-19(2)3)28(17-24)42-6)33(40)29(46-35)16-23-14-25(36)32(26(37)15-23)44-18-22-10-8-9-20(4)13-22/h8-17,19,31H,7,18H2,1-6H3/b29-16-/t31-/m0/s1. The second-order valence-corrected chi connectivity index (χ2v) is 13.7. The van der Waals surface area contributed by atoms with Gasteiger partial charge in [-0.15, -0.1) is 0 Å². The van der Waals surface area contributed by atoms with Gasteiger partial charge in [0.05, 0.1) is 50.6 Å². The molecule has 0 spiro atoms. The third-order valence-electron chi connectivity index (χ3n) is 7.17. The number of esters is 1. The number of fused-ring (bicyclic) bond motifs is 1. The lowest BCUT2D eigenvalue weighted by Gasteiger charge is -2.25. The van der Waals surface area contributed by atoms with Crippen LogP contribution in [0.1, 0.15) is 56.0 Å². The van der Waals surface area contributed by atoms with Crippen LogP contribution in [0.25, 0.3) is 6.08 Å². The van der Waals surface area contributed by atoms with Gasteiger partial charge in [0.1, 0.15) is 12.4 Å². The second-order valence-electron chi connectivity index (χ2n) is 11.0. The van der Waals surface area contributed by atoms with E-state index in [1.54, 1.807) is 37.7 Å². The summed E-state index contributed by atoms with van der Waals surface area (Å²) in [6, 6.07) is 16.6. The van der Waals surface area contributed by atoms with Crippen LogP contribution in [0, 0.1) is 6.92 Å². The molecular formula is C35H34Br2N2O6S. The molecule has 3 aromatic carbocycles. The fourth-order valence-corrected chi connectivity index (χ4v) is 7.72. The minimum Gasteiger partial charge on any atom is -0.493 e. The van der Waals surface area contributed by atoms with Crippen LogP contribution >= 0.6 is 43.2 Å². The summed E-state index contributed by atoms with van der Waals surface area (Å²) in [5.41, 5.74) is 4.17. The summed E-state index contributed by atoms with van der Waals surface area (Å²) in [6.07, 6.45) is 1.74. The zero-order valence-corrected chi connectivity index (χ0v) is 30.3. The van der Waals surface area contributed by atoms with E-state index in [4.69, 9.17) is 18.9 Å². The van der Waals surface area contributed by atoms with Gasteiger partial charge in [-0.05, 0) is 114 Å². The monoisotopic (exact) mass is 768 g/mol. The molecule has 0 N–H and O–H groups in total. The Bertz CT molecular complexity index is 1990. The fraction of sp³-hybridized carbons (Fsp3) is 0.286. The third-order valence-corrected chi connectivity index (χ3v) is 9.33. The first-order valence-electron chi connectivity index (χ1n) is 14.7. The van der Waals surface area contributed by atoms with Gasteiger partial charge >= 0.3 is 5.97 Å². The number of thiazole rings is 1. The van der Waals surface area contributed by atoms with Crippen molar-refractivity contribution in [1.29, 1.82) is 0 Å². The van der Waals surface area contributed by atoms with Crippen molar-refractivity contribution in [3.8, 4) is 17.2 Å². The summed E-state index contributed by atoms with van der Waals surface area (Å²) in [7, 11) is 1.56. The van der Waals surface area contributed by atoms with Crippen LogP contribution in [0.5, 0.6) is 17.2 Å². The summed E-state index contributed by atoms with van der Waals surface area (Å²) in [5.74, 6) is 1.19. The molecule has 0 bridgehead atoms. The van der Waals surface area contributed by atoms with Crippen molar-refractivity contribution in [3.05, 3.63) is 117 Å². The van der Waals surface area contributed by atoms with Crippen molar-refractivity contribution in [2.75, 3.05) is 13.7 Å². The van der Waals surface area contributed by atoms with Gasteiger partial charge in [-0.2, -0.15) is 0 Å². The lowest BCUT2D eigenvalue weighted by atomic mass is 9.95. The number of benzene rings is 3. The van der Waals surface area contributed by atoms with Gasteiger partial charge in [-0.3, -0.25) is 9.36 Å². The number of halogens is 2. The maximum Gasteiger partial charge on any atom is 0.338 e. The highest BCUT2D eigenvalue weighted by Crippen LogP contribution is 2.37. The number of aryl methyl sites for hydroxylation is 1. The van der Waals surface area contributed by atoms with Gasteiger partial charge in [-0.1, -0.05) is 47.2 Å². The van der Waals surface area contributed by atoms with Crippen molar-refractivity contribution < 1.29 is 23.7 Å². The molecule has 0 fully saturated rings. The molecule has 0 saturated heterocycles. The molecule has 0 saturated carbocycles. The summed E-state index contributed by atoms with van der Waals surface area (Å²) < 4.78 is 26.6. The lowest BCUT2D eigenvalue weighted by molar-refractivity contribution is -0.139. The predicted octanol–water partition coefficient (Wildman–Crippen LogP) is 7.01. The molecule has 4 aromatic rings. The average molecular weight is 771 g/mol. The molecule has 8 nitrogen and oxygen atoms in total. The van der Waals surface area contributed by atoms with Crippen LogP contribution in [-0.4, -0.2) is 30.4 Å². The highest BCUT2D eigenvalue weighted by atomic mass is 79.9. The number of carbonyl (C=O) groups is 1. The number of hydrogen-bond acceptors (Lipinski definition) is 8. The summed E-state index contributed by atoms with van der Waals surface area (Å²) >= 11 is 8.54. The first kappa shape index (κ1) is 33.7. The lowest BCUT2D eigenvalue weighted by Crippen LogP contribution is -2.40. The molecule has 1 aromatic heterocycles. The summed E-state index contributed by atoms with van der Waals surface area (Å²) in [4.78, 5) is 32.6. The minimum absolute atomic E-state index is 0.0662. The molecule has 0 radical (unpaired) electrons. The normalized spacial score (nSPS) is 14.6. The third kappa shape index (κ3) is 7.16. The average Bonchev–Trinajstić information content (AvgIpc) is 3.29. The highest BCUT2D eigenvalue weighted by Gasteiger charge is 2.34. The molecule has 0 amide bonds. The van der Waals surface area contributed by atoms with E-state index in [9.17, 15) is 9.59 Å². The van der Waals surface area contributed by atoms with Crippen molar-refractivity contribution in [2.24, 2.45) is 4.99 Å². The number of nitrogens with zero attached hydrogens (tertiary/aromatic N) is 2. The molecule has 2 heterocycles. The smallest absolute Gasteiger partial charge is 0.338 e. The Morgan fingerprint density at radius 2 is 1.80 bits per heavy atom. The maximum absolute atomic E-state index is 14.1. The van der Waals surface area contributed by atoms with Crippen molar-refractivity contribution >= 4 is 55.2 Å². The number of hydrogen-bond donors (Lipinski definition) is 0. The van der Waals surface area contributed by atoms with Gasteiger partial charge in [0, 0.05) is 0 Å². The second kappa shape index (κ2) is 14.4. The van der Waals surface area contributed by atoms with Crippen LogP contribution in [0.4, 0.5) is 0 Å². The van der Waals surface area contributed by atoms with E-state index in [1.807, 2.05) is 63.2 Å². The molecule has 240 valence electrons. The zero-order valence-electron chi connectivity index (χ0n) is 26.4. The van der Waals surface area contributed by atoms with Crippen LogP contribution in [0.15, 0.2) is 84.6 Å². The molecule has 1 aliphatic heterocycles. The van der Waals surface area contributed by atoms with Gasteiger partial charge in [0.25, 0.3) is 5.56 Å². The Morgan fingerprint density at radius 1 is 1.07 bits per heavy atom. The van der Waals surface area contributed by atoms with Crippen molar-refractivity contribution in [3.63, 3.8) is 0 Å². The number of aromatic nitrogens is 1. The fourth-order valence-electron chi connectivity index (χ4n) is 5.22. The number of methoxy groups -OCH3 is 1. The first-order valence-corrected chi connectivity index (χ1v) is 17.1. The Balaban J connectivity index is 1.58. The highest BCUT2D eigenvalue weighted by molar-refractivity contribution is 9.11. The Hall–Kier alpha value is -3.67. The Kier molecular flexibility index (Phi) is 10.5. The van der Waals surface area contributed by atoms with Gasteiger partial charge < -0.3 is 18.9 Å². The van der Waals surface area contributed by atoms with Gasteiger partial charge in [0.15, 0.2) is 16.3 Å². The molecule has 46 heavy (non-hydrogen) atoms. The van der Waals surface area contributed by atoms with Crippen molar-refractivity contribution in [1.82, 2.24) is 4.57 Å². The van der Waals surface area contributed by atoms with Crippen LogP contribution < -0.4 is 29.1 Å². The number of allylic oxidation sites excluding steroid dienone is 1. The molecule has 11 heteroatoms. The Morgan fingerprint density at radius 3 is 2.46 bits per heavy atom. The van der Waals surface area contributed by atoms with E-state index in [0.717, 1.165) is 20.1 Å². The topological polar surface area (TPSA) is 88.4 Å². The molecule has 0 aliphatic carbocycles. The Labute approximate surface area is 288 Å². The number of carbonyl (C=O) groups excluding carboxylic acids is 1. The molecule has 1 aliphatic rings. The van der Waals surface area contributed by atoms with Gasteiger partial charge in [-0.25, -0.2) is 9.79 Å². The minimum atomic E-state index is -0.782. The zero-order chi connectivity index (χ0) is 33.1. The predicted molar refractivity (Wildman–Crippen MR) is 187 cm³/mol. The van der Waals surface area contributed by atoms with E-state index < -0.39 is 12.0 Å². The summed E-state index contributed by atoms with van der Waals surface area (Å²) in [6.45, 7) is 10.0. The largest absolute Gasteiger partial charge is 0.493 e. The number of ether oxygens (including phenoxy) is 4. The number of rotatable bonds is 10. The molecule has 0 unspecified atom stereocenters. The maximum atomic E-state index is 14.1. The van der Waals surface area contributed by atoms with E-state index in [1.165, 1.54) is 16.9 Å². The molecule has 5 rings (SSSR count). The van der Waals surface area contributed by atoms with Gasteiger partial charge in [0.2, 0.25) is 0 Å². The van der Waals surface area contributed by atoms with E-state index in [0.29, 0.717) is 50.0 Å². The molecule has 1 atom stereocenters. The molecular weight excluding hydrogens is 736 g/mol. The van der Waals surface area contributed by atoms with E-state index in [-0.39, 0.29) is 18.3 Å². The van der Waals surface area contributed by atoms with Crippen LogP contribution in [-0.2, 0) is 16.1 Å². The van der Waals surface area contributed by atoms with Crippen LogP contribution in [0.3, 0.4) is 0 Å². The van der Waals surface area contributed by atoms with E-state index in [2.05, 4.69) is 42.9 Å². The van der Waals surface area contributed by atoms with Crippen molar-refractivity contribution in [2.45, 2.75) is 53.4 Å². The first-order chi connectivity index (χ1) is 22.0. The van der Waals surface area contributed by atoms with E-state index >= 15 is 0 Å². The summed E-state index contributed by atoms with van der Waals surface area (Å²) in [5, 5.41) is 0.